The molecule has 0 saturated heterocycles. The van der Waals surface area contributed by atoms with Gasteiger partial charge in [0, 0.05) is 17.9 Å². The lowest BCUT2D eigenvalue weighted by atomic mass is 10.00. The van der Waals surface area contributed by atoms with E-state index < -0.39 is 0 Å². The maximum Gasteiger partial charge on any atom is 0.458 e. The summed E-state index contributed by atoms with van der Waals surface area (Å²) in [5.41, 5.74) is 3.11. The molecule has 5 rings (SSSR count). The lowest BCUT2D eigenvalue weighted by Crippen LogP contribution is -2.51. The van der Waals surface area contributed by atoms with Gasteiger partial charge in [0.15, 0.2) is 6.54 Å². The van der Waals surface area contributed by atoms with Crippen LogP contribution in [0.25, 0.3) is 23.4 Å². The van der Waals surface area contributed by atoms with Crippen LogP contribution in [0.5, 0.6) is 0 Å². The Morgan fingerprint density at radius 2 is 2.08 bits per heavy atom. The van der Waals surface area contributed by atoms with Crippen molar-refractivity contribution in [1.82, 2.24) is 19.6 Å². The summed E-state index contributed by atoms with van der Waals surface area (Å²) >= 11 is 0. The number of pyridine rings is 1. The second-order valence-corrected chi connectivity index (χ2v) is 8.02. The average molecular weight is 350 g/mol. The van der Waals surface area contributed by atoms with Crippen molar-refractivity contribution in [3.63, 3.8) is 0 Å². The normalized spacial score (nSPS) is 18.7. The van der Waals surface area contributed by atoms with Crippen molar-refractivity contribution in [2.45, 2.75) is 64.3 Å². The molecule has 3 aromatic heterocycles. The summed E-state index contributed by atoms with van der Waals surface area (Å²) in [4.78, 5) is 18.0. The zero-order valence-corrected chi connectivity index (χ0v) is 15.5. The zero-order chi connectivity index (χ0) is 18.1. The number of rotatable bonds is 5. The minimum absolute atomic E-state index is 0.0608. The molecule has 0 spiro atoms. The molecule has 0 radical (unpaired) electrons. The van der Waals surface area contributed by atoms with E-state index >= 15 is 0 Å². The van der Waals surface area contributed by atoms with Crippen molar-refractivity contribution < 1.29 is 4.57 Å². The Kier molecular flexibility index (Phi) is 3.24. The number of aromatic nitrogens is 5. The summed E-state index contributed by atoms with van der Waals surface area (Å²) in [5, 5.41) is 9.59. The van der Waals surface area contributed by atoms with E-state index in [9.17, 15) is 4.79 Å². The van der Waals surface area contributed by atoms with E-state index in [2.05, 4.69) is 23.7 Å². The molecule has 134 valence electrons. The molecule has 6 heteroatoms. The number of nitrogens with zero attached hydrogens (tertiary/aromatic N) is 5. The van der Waals surface area contributed by atoms with E-state index in [1.807, 2.05) is 22.0 Å². The summed E-state index contributed by atoms with van der Waals surface area (Å²) in [5.74, 6) is 1.63. The molecule has 26 heavy (non-hydrogen) atoms. The Hall–Kier alpha value is -2.37. The zero-order valence-electron chi connectivity index (χ0n) is 15.5. The monoisotopic (exact) mass is 350 g/mol. The van der Waals surface area contributed by atoms with E-state index in [0.29, 0.717) is 18.1 Å². The summed E-state index contributed by atoms with van der Waals surface area (Å²) in [6.45, 7) is 8.88. The molecular formula is C20H24N5O+. The topological polar surface area (TPSA) is 64.0 Å². The highest BCUT2D eigenvalue weighted by Crippen LogP contribution is 2.61. The van der Waals surface area contributed by atoms with Gasteiger partial charge in [-0.05, 0) is 44.1 Å². The summed E-state index contributed by atoms with van der Waals surface area (Å²) in [7, 11) is 0. The van der Waals surface area contributed by atoms with Crippen LogP contribution in [-0.4, -0.2) is 19.6 Å². The molecule has 3 heterocycles. The van der Waals surface area contributed by atoms with E-state index in [0.717, 1.165) is 53.6 Å². The molecule has 0 unspecified atom stereocenters. The maximum atomic E-state index is 13.2. The standard InChI is InChI=1S/C20H24N5O/c1-4-5-10-24-15-11-12(2)13(3)21-16(15)25-17(18(24)26)22-23-19(25)20(8-9-20)14-6-7-14/h11,14H,3-10H2,1-2H3/q+1. The van der Waals surface area contributed by atoms with E-state index in [4.69, 9.17) is 4.98 Å². The quantitative estimate of drug-likeness (QED) is 0.656. The molecule has 0 N–H and O–H groups in total. The first-order valence-corrected chi connectivity index (χ1v) is 9.68. The van der Waals surface area contributed by atoms with Gasteiger partial charge in [0.05, 0.1) is 5.35 Å². The highest BCUT2D eigenvalue weighted by molar-refractivity contribution is 5.70. The van der Waals surface area contributed by atoms with Gasteiger partial charge in [-0.2, -0.15) is 4.57 Å². The third-order valence-electron chi connectivity index (χ3n) is 6.21. The van der Waals surface area contributed by atoms with Gasteiger partial charge >= 0.3 is 5.56 Å². The van der Waals surface area contributed by atoms with Gasteiger partial charge in [-0.25, -0.2) is 14.2 Å². The van der Waals surface area contributed by atoms with Gasteiger partial charge in [-0.3, -0.25) is 0 Å². The van der Waals surface area contributed by atoms with Crippen LogP contribution in [0.1, 0.15) is 56.8 Å². The number of aryl methyl sites for hydroxylation is 2. The van der Waals surface area contributed by atoms with Gasteiger partial charge in [-0.15, -0.1) is 10.2 Å². The van der Waals surface area contributed by atoms with Crippen LogP contribution in [-0.2, 0) is 12.0 Å². The first-order valence-electron chi connectivity index (χ1n) is 9.68. The van der Waals surface area contributed by atoms with Gasteiger partial charge in [0.25, 0.3) is 11.2 Å². The largest absolute Gasteiger partial charge is 0.458 e. The number of hydrogen-bond acceptors (Lipinski definition) is 4. The second-order valence-electron chi connectivity index (χ2n) is 8.02. The maximum absolute atomic E-state index is 13.2. The van der Waals surface area contributed by atoms with E-state index in [-0.39, 0.29) is 11.0 Å². The van der Waals surface area contributed by atoms with Crippen molar-refractivity contribution in [3.05, 3.63) is 33.2 Å². The average Bonchev–Trinajstić information content (AvgIpc) is 3.53. The van der Waals surface area contributed by atoms with Crippen LogP contribution in [0, 0.1) is 12.8 Å². The molecule has 2 aliphatic carbocycles. The Bertz CT molecular complexity index is 1140. The van der Waals surface area contributed by atoms with Gasteiger partial charge < -0.3 is 0 Å². The number of fused-ring (bicyclic) bond motifs is 3. The molecule has 2 fully saturated rings. The first kappa shape index (κ1) is 15.9. The van der Waals surface area contributed by atoms with Gasteiger partial charge in [0.1, 0.15) is 5.82 Å². The van der Waals surface area contributed by atoms with Crippen molar-refractivity contribution in [2.75, 3.05) is 0 Å². The van der Waals surface area contributed by atoms with Crippen LogP contribution in [0.4, 0.5) is 0 Å². The lowest BCUT2D eigenvalue weighted by molar-refractivity contribution is -0.684. The SMILES string of the molecule is C=c1nc2c(cc1C)[n+](CCCC)c(=O)c1nnc(C3(C4CC4)CC3)n12. The Morgan fingerprint density at radius 3 is 2.73 bits per heavy atom. The van der Waals surface area contributed by atoms with Gasteiger partial charge in [-0.1, -0.05) is 19.9 Å². The second kappa shape index (κ2) is 5.32. The molecule has 0 atom stereocenters. The Morgan fingerprint density at radius 1 is 1.31 bits per heavy atom. The minimum Gasteiger partial charge on any atom is -0.248 e. The van der Waals surface area contributed by atoms with Crippen LogP contribution in [0.2, 0.25) is 0 Å². The molecule has 0 aromatic carbocycles. The minimum atomic E-state index is -0.0608. The fourth-order valence-corrected chi connectivity index (χ4v) is 4.29. The third-order valence-corrected chi connectivity index (χ3v) is 6.21. The fourth-order valence-electron chi connectivity index (χ4n) is 4.29. The molecule has 3 aromatic rings. The smallest absolute Gasteiger partial charge is 0.248 e. The summed E-state index contributed by atoms with van der Waals surface area (Å²) in [6.07, 6.45) is 6.77. The van der Waals surface area contributed by atoms with Crippen molar-refractivity contribution in [1.29, 1.82) is 0 Å². The third kappa shape index (κ3) is 2.07. The molecule has 0 bridgehead atoms. The van der Waals surface area contributed by atoms with Crippen LogP contribution in [0.15, 0.2) is 10.9 Å². The Labute approximate surface area is 151 Å². The summed E-state index contributed by atoms with van der Waals surface area (Å²) in [6, 6.07) is 2.04. The van der Waals surface area contributed by atoms with Gasteiger partial charge in [0.2, 0.25) is 5.65 Å². The number of unbranched alkanes of at least 4 members (excludes halogenated alkanes) is 1. The molecule has 0 amide bonds. The van der Waals surface area contributed by atoms with Crippen molar-refractivity contribution >= 4 is 23.4 Å². The molecule has 2 aliphatic rings. The molecule has 2 saturated carbocycles. The number of hydrogen-bond donors (Lipinski definition) is 0. The first-order chi connectivity index (χ1) is 12.6. The molecular weight excluding hydrogens is 326 g/mol. The molecule has 6 nitrogen and oxygen atoms in total. The van der Waals surface area contributed by atoms with Crippen LogP contribution >= 0.6 is 0 Å². The van der Waals surface area contributed by atoms with E-state index in [1.54, 1.807) is 0 Å². The lowest BCUT2D eigenvalue weighted by Gasteiger charge is -2.12. The van der Waals surface area contributed by atoms with Crippen molar-refractivity contribution in [3.8, 4) is 0 Å². The van der Waals surface area contributed by atoms with E-state index in [1.165, 1.54) is 12.8 Å². The fraction of sp³-hybridized carbons (Fsp3) is 0.550. The Balaban J connectivity index is 1.88. The predicted octanol–water partition coefficient (Wildman–Crippen LogP) is 1.60. The summed E-state index contributed by atoms with van der Waals surface area (Å²) < 4.78 is 3.77. The van der Waals surface area contributed by atoms with Crippen molar-refractivity contribution in [2.24, 2.45) is 5.92 Å². The highest BCUT2D eigenvalue weighted by atomic mass is 16.1. The molecule has 0 aliphatic heterocycles. The highest BCUT2D eigenvalue weighted by Gasteiger charge is 2.58. The van der Waals surface area contributed by atoms with Crippen LogP contribution in [0.3, 0.4) is 0 Å². The predicted molar refractivity (Wildman–Crippen MR) is 98.8 cm³/mol. The van der Waals surface area contributed by atoms with Crippen LogP contribution < -0.4 is 15.5 Å².